The van der Waals surface area contributed by atoms with E-state index >= 15 is 0 Å². The maximum absolute atomic E-state index is 12.7. The van der Waals surface area contributed by atoms with Crippen LogP contribution in [0.3, 0.4) is 0 Å². The van der Waals surface area contributed by atoms with Crippen molar-refractivity contribution in [3.63, 3.8) is 0 Å². The number of amidine groups is 1. The first-order chi connectivity index (χ1) is 13.8. The minimum absolute atomic E-state index is 0.0432. The molecule has 0 radical (unpaired) electrons. The molecule has 2 aromatic rings. The Bertz CT molecular complexity index is 1070. The van der Waals surface area contributed by atoms with Gasteiger partial charge in [-0.1, -0.05) is 31.1 Å². The lowest BCUT2D eigenvalue weighted by molar-refractivity contribution is -0.122. The smallest absolute Gasteiger partial charge is 0.285 e. The lowest BCUT2D eigenvalue weighted by Gasteiger charge is -2.22. The van der Waals surface area contributed by atoms with Gasteiger partial charge in [-0.25, -0.2) is 0 Å². The van der Waals surface area contributed by atoms with Crippen molar-refractivity contribution in [2.24, 2.45) is 10.3 Å². The summed E-state index contributed by atoms with van der Waals surface area (Å²) in [5, 5.41) is 6.94. The number of nitrogens with one attached hydrogen (secondary N) is 1. The number of carbonyl (C=O) groups is 1. The summed E-state index contributed by atoms with van der Waals surface area (Å²) in [5.41, 5.74) is 0.495. The molecule has 9 nitrogen and oxygen atoms in total. The molecule has 1 aromatic heterocycles. The fraction of sp³-hybridized carbons (Fsp3) is 0.474. The maximum atomic E-state index is 12.7. The van der Waals surface area contributed by atoms with Crippen molar-refractivity contribution < 1.29 is 17.7 Å². The largest absolute Gasteiger partial charge is 0.349 e. The number of hydrogen-bond donors (Lipinski definition) is 1. The molecule has 1 atom stereocenters. The van der Waals surface area contributed by atoms with E-state index < -0.39 is 16.1 Å². The van der Waals surface area contributed by atoms with Gasteiger partial charge in [-0.3, -0.25) is 4.79 Å². The highest BCUT2D eigenvalue weighted by Gasteiger charge is 2.33. The molecule has 2 heterocycles. The molecule has 10 heteroatoms. The number of rotatable bonds is 6. The van der Waals surface area contributed by atoms with Crippen molar-refractivity contribution in [3.05, 3.63) is 41.5 Å². The van der Waals surface area contributed by atoms with Gasteiger partial charge in [0, 0.05) is 18.5 Å². The van der Waals surface area contributed by atoms with E-state index in [2.05, 4.69) is 19.9 Å². The Balaban J connectivity index is 1.47. The van der Waals surface area contributed by atoms with Crippen LogP contribution in [0.2, 0.25) is 0 Å². The summed E-state index contributed by atoms with van der Waals surface area (Å²) in [6, 6.07) is 6.16. The number of likely N-dealkylation sites (N-methyl/N-ethyl adjacent to an activating group) is 1. The summed E-state index contributed by atoms with van der Waals surface area (Å²) in [7, 11) is -2.10. The van der Waals surface area contributed by atoms with Crippen molar-refractivity contribution in [2.75, 3.05) is 13.6 Å². The van der Waals surface area contributed by atoms with Gasteiger partial charge in [0.1, 0.15) is 10.9 Å². The molecule has 4 rings (SSSR count). The molecule has 1 aromatic carbocycles. The summed E-state index contributed by atoms with van der Waals surface area (Å²) in [4.78, 5) is 18.8. The Labute approximate surface area is 169 Å². The third-order valence-corrected chi connectivity index (χ3v) is 6.33. The Hall–Kier alpha value is -2.75. The first-order valence-corrected chi connectivity index (χ1v) is 11.0. The number of aromatic nitrogens is 2. The molecule has 0 spiro atoms. The standard InChI is InChI=1S/C19H23N5O4S/c1-11(2)16(19-21-17(22-28-19)12-8-9-12)20-15(25)10-24(3)18-13-6-4-5-7-14(13)29(26,27)23-18/h4-7,11-12,16H,8-10H2,1-3H3,(H,20,25). The van der Waals surface area contributed by atoms with Crippen molar-refractivity contribution >= 4 is 21.8 Å². The van der Waals surface area contributed by atoms with Gasteiger partial charge in [0.2, 0.25) is 11.8 Å². The van der Waals surface area contributed by atoms with Gasteiger partial charge in [0.25, 0.3) is 10.0 Å². The third kappa shape index (κ3) is 3.89. The summed E-state index contributed by atoms with van der Waals surface area (Å²) >= 11 is 0. The predicted molar refractivity (Wildman–Crippen MR) is 105 cm³/mol. The molecule has 0 saturated heterocycles. The number of sulfonamides is 1. The second-order valence-electron chi connectivity index (χ2n) is 7.80. The van der Waals surface area contributed by atoms with Crippen molar-refractivity contribution in [3.8, 4) is 0 Å². The second kappa shape index (κ2) is 7.25. The van der Waals surface area contributed by atoms with E-state index in [1.165, 1.54) is 11.0 Å². The number of fused-ring (bicyclic) bond motifs is 1. The van der Waals surface area contributed by atoms with Gasteiger partial charge in [-0.15, -0.1) is 4.40 Å². The van der Waals surface area contributed by atoms with Gasteiger partial charge in [-0.2, -0.15) is 13.4 Å². The van der Waals surface area contributed by atoms with Crippen LogP contribution >= 0.6 is 0 Å². The Kier molecular flexibility index (Phi) is 4.89. The zero-order valence-electron chi connectivity index (χ0n) is 16.5. The van der Waals surface area contributed by atoms with E-state index in [0.717, 1.165) is 12.8 Å². The molecular weight excluding hydrogens is 394 g/mol. The Morgan fingerprint density at radius 3 is 2.72 bits per heavy atom. The monoisotopic (exact) mass is 417 g/mol. The summed E-state index contributed by atoms with van der Waals surface area (Å²) < 4.78 is 33.7. The van der Waals surface area contributed by atoms with Crippen molar-refractivity contribution in [1.29, 1.82) is 0 Å². The molecule has 1 unspecified atom stereocenters. The highest BCUT2D eigenvalue weighted by atomic mass is 32.2. The van der Waals surface area contributed by atoms with Gasteiger partial charge in [0.05, 0.1) is 6.54 Å². The van der Waals surface area contributed by atoms with Gasteiger partial charge in [0.15, 0.2) is 11.7 Å². The topological polar surface area (TPSA) is 118 Å². The van der Waals surface area contributed by atoms with Crippen LogP contribution in [-0.2, 0) is 14.8 Å². The van der Waals surface area contributed by atoms with E-state index in [1.54, 1.807) is 25.2 Å². The van der Waals surface area contributed by atoms with E-state index in [4.69, 9.17) is 4.52 Å². The zero-order chi connectivity index (χ0) is 20.8. The molecule has 2 aliphatic rings. The molecule has 154 valence electrons. The summed E-state index contributed by atoms with van der Waals surface area (Å²) in [6.07, 6.45) is 2.13. The van der Waals surface area contributed by atoms with E-state index in [9.17, 15) is 13.2 Å². The van der Waals surface area contributed by atoms with E-state index in [1.807, 2.05) is 13.8 Å². The minimum atomic E-state index is -3.73. The van der Waals surface area contributed by atoms with Gasteiger partial charge < -0.3 is 14.7 Å². The molecule has 1 aliphatic carbocycles. The van der Waals surface area contributed by atoms with Crippen LogP contribution in [0.25, 0.3) is 0 Å². The Morgan fingerprint density at radius 2 is 2.03 bits per heavy atom. The van der Waals surface area contributed by atoms with Crippen LogP contribution in [0.5, 0.6) is 0 Å². The van der Waals surface area contributed by atoms with Crippen molar-refractivity contribution in [1.82, 2.24) is 20.4 Å². The number of hydrogen-bond acceptors (Lipinski definition) is 7. The highest BCUT2D eigenvalue weighted by molar-refractivity contribution is 7.90. The lowest BCUT2D eigenvalue weighted by Crippen LogP contribution is -2.41. The maximum Gasteiger partial charge on any atom is 0.285 e. The summed E-state index contributed by atoms with van der Waals surface area (Å²) in [6.45, 7) is 3.86. The molecular formula is C19H23N5O4S. The molecule has 1 N–H and O–H groups in total. The van der Waals surface area contributed by atoms with E-state index in [-0.39, 0.29) is 29.1 Å². The number of benzene rings is 1. The molecule has 1 aliphatic heterocycles. The first-order valence-electron chi connectivity index (χ1n) is 9.54. The fourth-order valence-corrected chi connectivity index (χ4v) is 4.52. The Morgan fingerprint density at radius 1 is 1.31 bits per heavy atom. The van der Waals surface area contributed by atoms with Crippen LogP contribution < -0.4 is 5.32 Å². The molecule has 1 fully saturated rings. The minimum Gasteiger partial charge on any atom is -0.349 e. The zero-order valence-corrected chi connectivity index (χ0v) is 17.3. The number of carbonyl (C=O) groups excluding carboxylic acids is 1. The lowest BCUT2D eigenvalue weighted by atomic mass is 10.0. The van der Waals surface area contributed by atoms with E-state index in [0.29, 0.717) is 23.2 Å². The second-order valence-corrected chi connectivity index (χ2v) is 9.37. The predicted octanol–water partition coefficient (Wildman–Crippen LogP) is 1.84. The SMILES string of the molecule is CC(C)C(NC(=O)CN(C)C1=NS(=O)(=O)c2ccccc21)c1nc(C2CC2)no1. The van der Waals surface area contributed by atoms with Gasteiger partial charge >= 0.3 is 0 Å². The highest BCUT2D eigenvalue weighted by Crippen LogP contribution is 2.38. The first kappa shape index (κ1) is 19.6. The molecule has 1 amide bonds. The average Bonchev–Trinajstić information content (AvgIpc) is 3.34. The fourth-order valence-electron chi connectivity index (χ4n) is 3.27. The quantitative estimate of drug-likeness (QED) is 0.762. The van der Waals surface area contributed by atoms with Crippen LogP contribution in [-0.4, -0.2) is 48.8 Å². The van der Waals surface area contributed by atoms with Gasteiger partial charge in [-0.05, 0) is 30.9 Å². The summed E-state index contributed by atoms with van der Waals surface area (Å²) in [5.74, 6) is 1.46. The molecule has 29 heavy (non-hydrogen) atoms. The van der Waals surface area contributed by atoms with Crippen LogP contribution in [0, 0.1) is 5.92 Å². The number of nitrogens with zero attached hydrogens (tertiary/aromatic N) is 4. The normalized spacial score (nSPS) is 18.3. The number of amides is 1. The van der Waals surface area contributed by atoms with Crippen LogP contribution in [0.1, 0.15) is 55.9 Å². The van der Waals surface area contributed by atoms with Crippen LogP contribution in [0.15, 0.2) is 38.1 Å². The molecule has 0 bridgehead atoms. The average molecular weight is 417 g/mol. The molecule has 1 saturated carbocycles. The van der Waals surface area contributed by atoms with Crippen LogP contribution in [0.4, 0.5) is 0 Å². The third-order valence-electron chi connectivity index (χ3n) is 5.00. The van der Waals surface area contributed by atoms with Crippen molar-refractivity contribution in [2.45, 2.75) is 43.5 Å².